The number of nitrogens with zero attached hydrogens (tertiary/aromatic N) is 5. The Morgan fingerprint density at radius 1 is 1.30 bits per heavy atom. The van der Waals surface area contributed by atoms with Gasteiger partial charge in [-0.15, -0.1) is 0 Å². The highest BCUT2D eigenvalue weighted by atomic mass is 31.3. The summed E-state index contributed by atoms with van der Waals surface area (Å²) in [4.78, 5) is 53.6. The smallest absolute Gasteiger partial charge is 0.389 e. The molecule has 1 aromatic heterocycles. The van der Waals surface area contributed by atoms with Gasteiger partial charge in [-0.05, 0) is 11.6 Å². The molecule has 0 aliphatic carbocycles. The molecule has 0 aromatic carbocycles. The third-order valence-electron chi connectivity index (χ3n) is 3.93. The van der Waals surface area contributed by atoms with Crippen molar-refractivity contribution in [2.45, 2.75) is 24.0 Å². The zero-order valence-corrected chi connectivity index (χ0v) is 18.5. The molecule has 3 unspecified atom stereocenters. The van der Waals surface area contributed by atoms with Gasteiger partial charge in [0.25, 0.3) is 0 Å². The Morgan fingerprint density at radius 3 is 2.45 bits per heavy atom. The van der Waals surface area contributed by atoms with Crippen molar-refractivity contribution in [1.82, 2.24) is 9.55 Å². The van der Waals surface area contributed by atoms with Crippen molar-refractivity contribution in [2.75, 3.05) is 19.0 Å². The zero-order valence-electron chi connectivity index (χ0n) is 15.8. The van der Waals surface area contributed by atoms with Crippen LogP contribution in [0.4, 0.5) is 10.2 Å². The maximum atomic E-state index is 13.9. The van der Waals surface area contributed by atoms with E-state index in [9.17, 15) is 32.9 Å². The number of ether oxygens (including phenoxy) is 1. The number of hydrogen-bond acceptors (Lipinski definition) is 12. The summed E-state index contributed by atoms with van der Waals surface area (Å²) in [7, 11) is -17.2. The second-order valence-electron chi connectivity index (χ2n) is 6.25. The van der Waals surface area contributed by atoms with Crippen LogP contribution in [0.25, 0.3) is 10.4 Å². The molecule has 0 saturated carbocycles. The van der Waals surface area contributed by atoms with Gasteiger partial charge in [0.15, 0.2) is 6.23 Å². The summed E-state index contributed by atoms with van der Waals surface area (Å²) in [6, 6.07) is -0.593. The third-order valence-corrected chi connectivity index (χ3v) is 7.72. The lowest BCUT2D eigenvalue weighted by Crippen LogP contribution is -2.48. The van der Waals surface area contributed by atoms with Gasteiger partial charge in [0.2, 0.25) is 0 Å². The number of aliphatic hydroxyl groups excluding tert-OH is 1. The summed E-state index contributed by atoms with van der Waals surface area (Å²) in [6.07, 6.45) is -2.82. The van der Waals surface area contributed by atoms with E-state index in [0.717, 1.165) is 12.3 Å². The first kappa shape index (κ1) is 27.5. The number of rotatable bonds is 10. The number of anilines is 1. The van der Waals surface area contributed by atoms with Crippen molar-refractivity contribution in [2.24, 2.45) is 5.11 Å². The van der Waals surface area contributed by atoms with E-state index in [1.54, 1.807) is 0 Å². The predicted molar refractivity (Wildman–Crippen MR) is 100 cm³/mol. The van der Waals surface area contributed by atoms with Crippen LogP contribution in [0.1, 0.15) is 6.23 Å². The number of aliphatic hydroxyl groups is 1. The number of azide groups is 1. The van der Waals surface area contributed by atoms with Crippen molar-refractivity contribution in [3.8, 4) is 0 Å². The molecular weight excluding hydrogens is 524 g/mol. The standard InChI is InChI=1S/C10H16FN6O13P3/c11-3-10(4-27-32(23,24)30-33(25,26)29-31(20,21)22)7(18)6(15-16-13)8(28-10)17-2-1-5(12)14-9(17)19/h1-2,6-8,18H,3-4H2,(H,23,24)(H,25,26)(H2,12,14,19)(H2,20,21,22)/t6?,7-,8+,10+/m0/s1. The van der Waals surface area contributed by atoms with E-state index in [1.165, 1.54) is 0 Å². The van der Waals surface area contributed by atoms with Gasteiger partial charge >= 0.3 is 29.2 Å². The maximum absolute atomic E-state index is 13.9. The number of nitrogen functional groups attached to an aromatic ring is 1. The number of hydrogen-bond donors (Lipinski definition) is 6. The molecule has 0 radical (unpaired) electrons. The van der Waals surface area contributed by atoms with Crippen LogP contribution in [0.2, 0.25) is 0 Å². The fourth-order valence-electron chi connectivity index (χ4n) is 2.63. The Labute approximate surface area is 181 Å². The fraction of sp³-hybridized carbons (Fsp3) is 0.600. The van der Waals surface area contributed by atoms with Crippen molar-refractivity contribution >= 4 is 29.3 Å². The average molecular weight is 540 g/mol. The highest BCUT2D eigenvalue weighted by molar-refractivity contribution is 7.66. The van der Waals surface area contributed by atoms with E-state index in [-0.39, 0.29) is 5.82 Å². The van der Waals surface area contributed by atoms with Crippen molar-refractivity contribution in [3.63, 3.8) is 0 Å². The highest BCUT2D eigenvalue weighted by Crippen LogP contribution is 2.66. The van der Waals surface area contributed by atoms with Gasteiger partial charge in [-0.2, -0.15) is 13.6 Å². The molecule has 7 N–H and O–H groups in total. The summed E-state index contributed by atoms with van der Waals surface area (Å²) in [5.41, 5.74) is 10.4. The number of aromatic nitrogens is 2. The van der Waals surface area contributed by atoms with Crippen molar-refractivity contribution in [1.29, 1.82) is 0 Å². The minimum absolute atomic E-state index is 0.209. The van der Waals surface area contributed by atoms with Gasteiger partial charge in [-0.3, -0.25) is 9.09 Å². The van der Waals surface area contributed by atoms with Crippen LogP contribution in [0, 0.1) is 0 Å². The molecule has 23 heteroatoms. The van der Waals surface area contributed by atoms with Gasteiger partial charge in [0.05, 0.1) is 6.61 Å². The molecule has 2 rings (SSSR count). The van der Waals surface area contributed by atoms with Crippen LogP contribution in [0.5, 0.6) is 0 Å². The summed E-state index contributed by atoms with van der Waals surface area (Å²) >= 11 is 0. The quantitative estimate of drug-likeness (QED) is 0.0938. The number of halogens is 1. The largest absolute Gasteiger partial charge is 0.490 e. The normalized spacial score (nSPS) is 29.1. The Hall–Kier alpha value is -1.75. The summed E-state index contributed by atoms with van der Waals surface area (Å²) < 4.78 is 65.2. The number of alkyl halides is 1. The molecule has 19 nitrogen and oxygen atoms in total. The molecule has 6 atom stereocenters. The SMILES string of the molecule is [N-]=[N+]=NC1[C@H](n2ccc(N)nc2=O)O[C@](CF)(COP(=O)(O)OP(=O)(O)OP(=O)(O)O)[C@H]1O. The molecule has 186 valence electrons. The lowest BCUT2D eigenvalue weighted by atomic mass is 9.96. The first-order chi connectivity index (χ1) is 15.0. The lowest BCUT2D eigenvalue weighted by Gasteiger charge is -2.29. The van der Waals surface area contributed by atoms with E-state index in [0.29, 0.717) is 4.57 Å². The van der Waals surface area contributed by atoms with Gasteiger partial charge in [0, 0.05) is 11.1 Å². The Morgan fingerprint density at radius 2 is 1.94 bits per heavy atom. The van der Waals surface area contributed by atoms with Gasteiger partial charge < -0.3 is 35.2 Å². The molecule has 1 aromatic rings. The first-order valence-electron chi connectivity index (χ1n) is 8.14. The topological polar surface area (TPSA) is 299 Å². The summed E-state index contributed by atoms with van der Waals surface area (Å²) in [5, 5.41) is 13.7. The van der Waals surface area contributed by atoms with Crippen LogP contribution in [-0.4, -0.2) is 65.3 Å². The average Bonchev–Trinajstić information content (AvgIpc) is 2.90. The summed E-state index contributed by atoms with van der Waals surface area (Å²) in [6.45, 7) is -3.10. The van der Waals surface area contributed by atoms with E-state index in [4.69, 9.17) is 30.7 Å². The minimum Gasteiger partial charge on any atom is -0.389 e. The zero-order chi connectivity index (χ0) is 25.2. The van der Waals surface area contributed by atoms with Crippen molar-refractivity contribution in [3.05, 3.63) is 33.2 Å². The molecular formula is C10H16FN6O13P3. The van der Waals surface area contributed by atoms with E-state index >= 15 is 0 Å². The molecule has 2 heterocycles. The Balaban J connectivity index is 2.31. The molecule has 0 amide bonds. The molecule has 1 saturated heterocycles. The predicted octanol–water partition coefficient (Wildman–Crippen LogP) is -0.554. The monoisotopic (exact) mass is 540 g/mol. The molecule has 1 aliphatic heterocycles. The highest BCUT2D eigenvalue weighted by Gasteiger charge is 2.57. The summed E-state index contributed by atoms with van der Waals surface area (Å²) in [5.74, 6) is -0.209. The molecule has 1 aliphatic rings. The lowest BCUT2D eigenvalue weighted by molar-refractivity contribution is -0.135. The fourth-order valence-corrected chi connectivity index (χ4v) is 5.71. The van der Waals surface area contributed by atoms with Gasteiger partial charge in [-0.25, -0.2) is 22.9 Å². The van der Waals surface area contributed by atoms with Crippen molar-refractivity contribution < 1.29 is 60.6 Å². The Bertz CT molecular complexity index is 1140. The Kier molecular flexibility index (Phi) is 8.21. The second kappa shape index (κ2) is 9.85. The van der Waals surface area contributed by atoms with Crippen LogP contribution < -0.4 is 11.4 Å². The van der Waals surface area contributed by atoms with Gasteiger partial charge in [-0.1, -0.05) is 5.11 Å². The van der Waals surface area contributed by atoms with E-state index in [1.807, 2.05) is 0 Å². The molecule has 0 bridgehead atoms. The van der Waals surface area contributed by atoms with E-state index in [2.05, 4.69) is 28.2 Å². The molecule has 0 spiro atoms. The third kappa shape index (κ3) is 6.88. The second-order valence-corrected chi connectivity index (χ2v) is 10.7. The number of nitrogens with two attached hydrogens (primary N) is 1. The maximum Gasteiger partial charge on any atom is 0.490 e. The van der Waals surface area contributed by atoms with Crippen LogP contribution >= 0.6 is 23.5 Å². The molecule has 1 fully saturated rings. The van der Waals surface area contributed by atoms with Crippen LogP contribution in [0.15, 0.2) is 22.2 Å². The molecule has 33 heavy (non-hydrogen) atoms. The number of phosphoric ester groups is 1. The van der Waals surface area contributed by atoms with Crippen LogP contribution in [-0.2, 0) is 31.6 Å². The van der Waals surface area contributed by atoms with Gasteiger partial charge in [0.1, 0.15) is 30.2 Å². The first-order valence-corrected chi connectivity index (χ1v) is 12.7. The van der Waals surface area contributed by atoms with Crippen LogP contribution in [0.3, 0.4) is 0 Å². The van der Waals surface area contributed by atoms with E-state index < -0.39 is 66.4 Å². The number of phosphoric acid groups is 3. The minimum atomic E-state index is -5.87.